The molecular formula is C21H25NO4S. The van der Waals surface area contributed by atoms with Crippen molar-refractivity contribution in [3.05, 3.63) is 59.7 Å². The van der Waals surface area contributed by atoms with Gasteiger partial charge < -0.3 is 19.5 Å². The van der Waals surface area contributed by atoms with Crippen molar-refractivity contribution in [2.45, 2.75) is 5.75 Å². The van der Waals surface area contributed by atoms with Gasteiger partial charge in [-0.15, -0.1) is 0 Å². The highest BCUT2D eigenvalue weighted by atomic mass is 32.2. The monoisotopic (exact) mass is 387 g/mol. The number of rotatable bonds is 10. The van der Waals surface area contributed by atoms with E-state index in [-0.39, 0.29) is 5.91 Å². The maximum absolute atomic E-state index is 12.0. The van der Waals surface area contributed by atoms with Gasteiger partial charge in [0.2, 0.25) is 11.7 Å². The van der Waals surface area contributed by atoms with Gasteiger partial charge in [-0.05, 0) is 29.3 Å². The molecule has 0 heterocycles. The fourth-order valence-corrected chi connectivity index (χ4v) is 3.26. The van der Waals surface area contributed by atoms with Gasteiger partial charge in [0.1, 0.15) is 0 Å². The lowest BCUT2D eigenvalue weighted by atomic mass is 10.1. The molecule has 27 heavy (non-hydrogen) atoms. The van der Waals surface area contributed by atoms with Crippen molar-refractivity contribution in [3.63, 3.8) is 0 Å². The van der Waals surface area contributed by atoms with Crippen molar-refractivity contribution in [3.8, 4) is 17.2 Å². The van der Waals surface area contributed by atoms with Crippen LogP contribution >= 0.6 is 11.8 Å². The summed E-state index contributed by atoms with van der Waals surface area (Å²) >= 11 is 1.79. The maximum Gasteiger partial charge on any atom is 0.244 e. The van der Waals surface area contributed by atoms with Gasteiger partial charge in [0.25, 0.3) is 0 Å². The van der Waals surface area contributed by atoms with Crippen molar-refractivity contribution < 1.29 is 19.0 Å². The minimum Gasteiger partial charge on any atom is -0.493 e. The molecule has 0 aromatic heterocycles. The van der Waals surface area contributed by atoms with E-state index in [1.54, 1.807) is 51.3 Å². The molecule has 2 aromatic rings. The molecule has 5 nitrogen and oxygen atoms in total. The number of hydrogen-bond donors (Lipinski definition) is 1. The van der Waals surface area contributed by atoms with Crippen LogP contribution in [-0.4, -0.2) is 39.5 Å². The van der Waals surface area contributed by atoms with Gasteiger partial charge in [-0.25, -0.2) is 0 Å². The number of ether oxygens (including phenoxy) is 3. The molecule has 0 bridgehead atoms. The van der Waals surface area contributed by atoms with E-state index in [1.165, 1.54) is 11.6 Å². The second kappa shape index (κ2) is 11.2. The highest BCUT2D eigenvalue weighted by molar-refractivity contribution is 7.98. The summed E-state index contributed by atoms with van der Waals surface area (Å²) in [5.41, 5.74) is 2.08. The number of carbonyl (C=O) groups excluding carboxylic acids is 1. The third-order valence-corrected chi connectivity index (χ3v) is 4.80. The number of amides is 1. The van der Waals surface area contributed by atoms with Crippen LogP contribution in [0.2, 0.25) is 0 Å². The van der Waals surface area contributed by atoms with Crippen molar-refractivity contribution in [2.24, 2.45) is 0 Å². The van der Waals surface area contributed by atoms with Gasteiger partial charge in [0.05, 0.1) is 21.3 Å². The number of methoxy groups -OCH3 is 3. The molecule has 1 N–H and O–H groups in total. The molecule has 0 aliphatic rings. The van der Waals surface area contributed by atoms with Crippen LogP contribution in [0.5, 0.6) is 17.2 Å². The Morgan fingerprint density at radius 2 is 1.70 bits per heavy atom. The van der Waals surface area contributed by atoms with Gasteiger partial charge >= 0.3 is 0 Å². The molecule has 0 aliphatic heterocycles. The lowest BCUT2D eigenvalue weighted by Crippen LogP contribution is -2.23. The molecule has 0 atom stereocenters. The summed E-state index contributed by atoms with van der Waals surface area (Å²) in [5, 5.41) is 2.89. The average molecular weight is 388 g/mol. The Bertz CT molecular complexity index is 737. The third-order valence-electron chi connectivity index (χ3n) is 3.77. The summed E-state index contributed by atoms with van der Waals surface area (Å²) < 4.78 is 15.9. The first-order valence-corrected chi connectivity index (χ1v) is 9.71. The van der Waals surface area contributed by atoms with Crippen LogP contribution in [0.3, 0.4) is 0 Å². The second-order valence-corrected chi connectivity index (χ2v) is 6.73. The smallest absolute Gasteiger partial charge is 0.244 e. The van der Waals surface area contributed by atoms with Crippen LogP contribution in [-0.2, 0) is 10.5 Å². The zero-order valence-corrected chi connectivity index (χ0v) is 16.7. The Morgan fingerprint density at radius 1 is 1.04 bits per heavy atom. The zero-order valence-electron chi connectivity index (χ0n) is 15.9. The lowest BCUT2D eigenvalue weighted by molar-refractivity contribution is -0.116. The molecule has 0 aliphatic carbocycles. The SMILES string of the molecule is COc1cc(/C=C/C(=O)NCCSCc2ccccc2)cc(OC)c1OC. The number of hydrogen-bond acceptors (Lipinski definition) is 5. The second-order valence-electron chi connectivity index (χ2n) is 5.62. The predicted molar refractivity (Wildman–Crippen MR) is 111 cm³/mol. The average Bonchev–Trinajstić information content (AvgIpc) is 2.71. The van der Waals surface area contributed by atoms with Crippen LogP contribution in [0.1, 0.15) is 11.1 Å². The first-order valence-electron chi connectivity index (χ1n) is 8.55. The van der Waals surface area contributed by atoms with Crippen molar-refractivity contribution >= 4 is 23.7 Å². The maximum atomic E-state index is 12.0. The van der Waals surface area contributed by atoms with E-state index in [1.807, 2.05) is 18.2 Å². The molecular weight excluding hydrogens is 362 g/mol. The Balaban J connectivity index is 1.82. The first-order chi connectivity index (χ1) is 13.2. The van der Waals surface area contributed by atoms with Crippen LogP contribution in [0.25, 0.3) is 6.08 Å². The molecule has 0 spiro atoms. The molecule has 1 amide bonds. The Labute approximate surface area is 164 Å². The summed E-state index contributed by atoms with van der Waals surface area (Å²) in [5.74, 6) is 3.29. The molecule has 0 saturated carbocycles. The van der Waals surface area contributed by atoms with Crippen molar-refractivity contribution in [2.75, 3.05) is 33.6 Å². The molecule has 0 saturated heterocycles. The lowest BCUT2D eigenvalue weighted by Gasteiger charge is -2.12. The fourth-order valence-electron chi connectivity index (χ4n) is 2.44. The van der Waals surface area contributed by atoms with Gasteiger partial charge in [0.15, 0.2) is 11.5 Å². The van der Waals surface area contributed by atoms with Crippen molar-refractivity contribution in [1.29, 1.82) is 0 Å². The number of thioether (sulfide) groups is 1. The summed E-state index contributed by atoms with van der Waals surface area (Å²) in [6, 6.07) is 13.9. The van der Waals surface area contributed by atoms with E-state index >= 15 is 0 Å². The summed E-state index contributed by atoms with van der Waals surface area (Å²) in [7, 11) is 4.67. The van der Waals surface area contributed by atoms with Crippen LogP contribution in [0.15, 0.2) is 48.5 Å². The third kappa shape index (κ3) is 6.57. The summed E-state index contributed by atoms with van der Waals surface area (Å²) in [6.07, 6.45) is 3.22. The minimum absolute atomic E-state index is 0.135. The Kier molecular flexibility index (Phi) is 8.58. The van der Waals surface area contributed by atoms with Gasteiger partial charge in [-0.1, -0.05) is 30.3 Å². The Morgan fingerprint density at radius 3 is 2.30 bits per heavy atom. The Hall–Kier alpha value is -2.60. The van der Waals surface area contributed by atoms with Crippen LogP contribution in [0, 0.1) is 0 Å². The van der Waals surface area contributed by atoms with E-state index in [9.17, 15) is 4.79 Å². The number of nitrogens with one attached hydrogen (secondary N) is 1. The van der Waals surface area contributed by atoms with Crippen LogP contribution < -0.4 is 19.5 Å². The topological polar surface area (TPSA) is 56.8 Å². The number of carbonyl (C=O) groups is 1. The van der Waals surface area contributed by atoms with E-state index in [0.29, 0.717) is 23.8 Å². The zero-order chi connectivity index (χ0) is 19.5. The normalized spacial score (nSPS) is 10.6. The highest BCUT2D eigenvalue weighted by Crippen LogP contribution is 2.38. The predicted octanol–water partition coefficient (Wildman–Crippen LogP) is 3.78. The fraction of sp³-hybridized carbons (Fsp3) is 0.286. The minimum atomic E-state index is -0.135. The van der Waals surface area contributed by atoms with Crippen molar-refractivity contribution in [1.82, 2.24) is 5.32 Å². The van der Waals surface area contributed by atoms with E-state index in [4.69, 9.17) is 14.2 Å². The van der Waals surface area contributed by atoms with E-state index in [0.717, 1.165) is 17.1 Å². The molecule has 0 fully saturated rings. The van der Waals surface area contributed by atoms with Gasteiger partial charge in [0, 0.05) is 24.1 Å². The first kappa shape index (κ1) is 20.7. The summed E-state index contributed by atoms with van der Waals surface area (Å²) in [4.78, 5) is 12.0. The standard InChI is InChI=1S/C21H25NO4S/c1-24-18-13-17(14-19(25-2)21(18)26-3)9-10-20(23)22-11-12-27-15-16-7-5-4-6-8-16/h4-10,13-14H,11-12,15H2,1-3H3,(H,22,23)/b10-9+. The molecule has 0 radical (unpaired) electrons. The van der Waals surface area contributed by atoms with Crippen LogP contribution in [0.4, 0.5) is 0 Å². The highest BCUT2D eigenvalue weighted by Gasteiger charge is 2.12. The molecule has 6 heteroatoms. The van der Waals surface area contributed by atoms with Gasteiger partial charge in [-0.3, -0.25) is 4.79 Å². The number of benzene rings is 2. The molecule has 0 unspecified atom stereocenters. The molecule has 2 aromatic carbocycles. The largest absolute Gasteiger partial charge is 0.493 e. The van der Waals surface area contributed by atoms with E-state index < -0.39 is 0 Å². The molecule has 2 rings (SSSR count). The quantitative estimate of drug-likeness (QED) is 0.497. The summed E-state index contributed by atoms with van der Waals surface area (Å²) in [6.45, 7) is 0.621. The van der Waals surface area contributed by atoms with Gasteiger partial charge in [-0.2, -0.15) is 11.8 Å². The molecule has 144 valence electrons. The van der Waals surface area contributed by atoms with E-state index in [2.05, 4.69) is 17.4 Å².